The van der Waals surface area contributed by atoms with E-state index < -0.39 is 12.8 Å². The molecule has 0 aliphatic carbocycles. The first-order chi connectivity index (χ1) is 13.6. The summed E-state index contributed by atoms with van der Waals surface area (Å²) in [5.74, 6) is 0.328. The van der Waals surface area contributed by atoms with Gasteiger partial charge in [-0.15, -0.1) is 0 Å². The first-order valence-electron chi connectivity index (χ1n) is 9.68. The highest BCUT2D eigenvalue weighted by Gasteiger charge is 2.28. The number of nitrogens with one attached hydrogen (secondary N) is 1. The van der Waals surface area contributed by atoms with Gasteiger partial charge in [0, 0.05) is 12.1 Å². The van der Waals surface area contributed by atoms with Crippen molar-refractivity contribution in [2.45, 2.75) is 59.2 Å². The van der Waals surface area contributed by atoms with E-state index in [2.05, 4.69) is 64.7 Å². The van der Waals surface area contributed by atoms with Gasteiger partial charge in [0.2, 0.25) is 5.88 Å². The zero-order valence-electron chi connectivity index (χ0n) is 17.7. The highest BCUT2D eigenvalue weighted by atomic mass is 19.4. The summed E-state index contributed by atoms with van der Waals surface area (Å²) in [5, 5.41) is 3.24. The Kier molecular flexibility index (Phi) is 9.65. The Bertz CT molecular complexity index is 741. The predicted molar refractivity (Wildman–Crippen MR) is 110 cm³/mol. The van der Waals surface area contributed by atoms with Crippen molar-refractivity contribution in [3.63, 3.8) is 0 Å². The number of ether oxygens (including phenoxy) is 1. The molecule has 0 fully saturated rings. The second-order valence-electron chi connectivity index (χ2n) is 6.73. The number of aromatic nitrogens is 2. The van der Waals surface area contributed by atoms with E-state index in [1.54, 1.807) is 0 Å². The maximum Gasteiger partial charge on any atom is 0.422 e. The van der Waals surface area contributed by atoms with Crippen LogP contribution in [0.4, 0.5) is 13.2 Å². The van der Waals surface area contributed by atoms with E-state index in [0.29, 0.717) is 18.0 Å². The molecule has 0 aliphatic rings. The van der Waals surface area contributed by atoms with Crippen LogP contribution in [0.1, 0.15) is 63.4 Å². The highest BCUT2D eigenvalue weighted by molar-refractivity contribution is 5.27. The Labute approximate surface area is 171 Å². The third-order valence-electron chi connectivity index (χ3n) is 3.96. The summed E-state index contributed by atoms with van der Waals surface area (Å²) < 4.78 is 41.0. The SMILES string of the molecule is C=C(Cc1ccc(C(C)C)cc1)NC(C)c1cnc(OCC(F)(F)F)cn1.CC. The van der Waals surface area contributed by atoms with Crippen molar-refractivity contribution >= 4 is 0 Å². The minimum atomic E-state index is -4.40. The Morgan fingerprint density at radius 2 is 1.69 bits per heavy atom. The molecule has 0 saturated carbocycles. The standard InChI is InChI=1S/C20H24F3N3O.C2H6/c1-13(2)17-7-5-16(6-8-17)9-14(3)26-15(4)18-10-25-19(11-24-18)27-12-20(21,22)23;1-2/h5-8,10-11,13,15,26H,3,9,12H2,1-2,4H3;1-2H3. The number of rotatable bonds is 8. The minimum Gasteiger partial charge on any atom is -0.467 e. The van der Waals surface area contributed by atoms with Gasteiger partial charge < -0.3 is 10.1 Å². The molecule has 2 aromatic rings. The van der Waals surface area contributed by atoms with Crippen molar-refractivity contribution in [2.24, 2.45) is 0 Å². The van der Waals surface area contributed by atoms with E-state index in [4.69, 9.17) is 0 Å². The molecular weight excluding hydrogens is 379 g/mol. The van der Waals surface area contributed by atoms with Gasteiger partial charge in [-0.05, 0) is 24.0 Å². The summed E-state index contributed by atoms with van der Waals surface area (Å²) in [5.41, 5.74) is 3.84. The summed E-state index contributed by atoms with van der Waals surface area (Å²) in [6, 6.07) is 8.21. The van der Waals surface area contributed by atoms with Crippen LogP contribution in [0, 0.1) is 0 Å². The molecule has 4 nitrogen and oxygen atoms in total. The number of nitrogens with zero attached hydrogens (tertiary/aromatic N) is 2. The van der Waals surface area contributed by atoms with Crippen LogP contribution in [0.3, 0.4) is 0 Å². The summed E-state index contributed by atoms with van der Waals surface area (Å²) in [6.07, 6.45) is -1.15. The van der Waals surface area contributed by atoms with Gasteiger partial charge in [-0.3, -0.25) is 4.98 Å². The molecule has 1 atom stereocenters. The van der Waals surface area contributed by atoms with E-state index in [9.17, 15) is 13.2 Å². The second kappa shape index (κ2) is 11.4. The minimum absolute atomic E-state index is 0.160. The van der Waals surface area contributed by atoms with Crippen LogP contribution in [-0.2, 0) is 6.42 Å². The lowest BCUT2D eigenvalue weighted by Crippen LogP contribution is -2.21. The van der Waals surface area contributed by atoms with Gasteiger partial charge in [-0.2, -0.15) is 13.2 Å². The zero-order chi connectivity index (χ0) is 22.0. The average Bonchev–Trinajstić information content (AvgIpc) is 2.68. The summed E-state index contributed by atoms with van der Waals surface area (Å²) in [6.45, 7) is 12.8. The predicted octanol–water partition coefficient (Wildman–Crippen LogP) is 5.97. The lowest BCUT2D eigenvalue weighted by atomic mass is 10.0. The lowest BCUT2D eigenvalue weighted by molar-refractivity contribution is -0.154. The average molecular weight is 409 g/mol. The third kappa shape index (κ3) is 8.98. The van der Waals surface area contributed by atoms with Crippen LogP contribution in [0.2, 0.25) is 0 Å². The zero-order valence-corrected chi connectivity index (χ0v) is 17.7. The molecule has 0 bridgehead atoms. The van der Waals surface area contributed by atoms with Crippen molar-refractivity contribution in [2.75, 3.05) is 6.61 Å². The van der Waals surface area contributed by atoms with Gasteiger partial charge in [0.1, 0.15) is 0 Å². The largest absolute Gasteiger partial charge is 0.467 e. The van der Waals surface area contributed by atoms with Gasteiger partial charge in [0.25, 0.3) is 0 Å². The molecule has 2 rings (SSSR count). The summed E-state index contributed by atoms with van der Waals surface area (Å²) in [7, 11) is 0. The molecule has 0 aliphatic heterocycles. The van der Waals surface area contributed by atoms with Crippen LogP contribution < -0.4 is 10.1 Å². The molecule has 1 aromatic heterocycles. The Hall–Kier alpha value is -2.57. The normalized spacial score (nSPS) is 12.0. The van der Waals surface area contributed by atoms with E-state index in [-0.39, 0.29) is 11.9 Å². The van der Waals surface area contributed by atoms with Crippen molar-refractivity contribution in [1.29, 1.82) is 0 Å². The maximum absolute atomic E-state index is 12.1. The molecule has 0 saturated heterocycles. The smallest absolute Gasteiger partial charge is 0.422 e. The first kappa shape index (κ1) is 24.5. The molecule has 1 unspecified atom stereocenters. The van der Waals surface area contributed by atoms with Crippen molar-refractivity contribution in [1.82, 2.24) is 15.3 Å². The van der Waals surface area contributed by atoms with Crippen molar-refractivity contribution in [3.05, 3.63) is 65.8 Å². The van der Waals surface area contributed by atoms with Gasteiger partial charge in [0.15, 0.2) is 6.61 Å². The van der Waals surface area contributed by atoms with Crippen LogP contribution >= 0.6 is 0 Å². The molecule has 29 heavy (non-hydrogen) atoms. The van der Waals surface area contributed by atoms with Crippen LogP contribution in [0.5, 0.6) is 5.88 Å². The number of hydrogen-bond donors (Lipinski definition) is 1. The number of hydrogen-bond acceptors (Lipinski definition) is 4. The van der Waals surface area contributed by atoms with Gasteiger partial charge in [-0.25, -0.2) is 4.98 Å². The molecule has 1 heterocycles. The molecule has 0 spiro atoms. The Morgan fingerprint density at radius 3 is 2.17 bits per heavy atom. The molecule has 0 radical (unpaired) electrons. The highest BCUT2D eigenvalue weighted by Crippen LogP contribution is 2.19. The van der Waals surface area contributed by atoms with E-state index >= 15 is 0 Å². The fraction of sp³-hybridized carbons (Fsp3) is 0.455. The number of halogens is 3. The first-order valence-corrected chi connectivity index (χ1v) is 9.68. The van der Waals surface area contributed by atoms with Crippen molar-refractivity contribution in [3.8, 4) is 5.88 Å². The second-order valence-corrected chi connectivity index (χ2v) is 6.73. The monoisotopic (exact) mass is 409 g/mol. The van der Waals surface area contributed by atoms with E-state index in [1.165, 1.54) is 18.0 Å². The van der Waals surface area contributed by atoms with E-state index in [0.717, 1.165) is 11.3 Å². The third-order valence-corrected chi connectivity index (χ3v) is 3.96. The van der Waals surface area contributed by atoms with Gasteiger partial charge in [-0.1, -0.05) is 58.5 Å². The molecular formula is C22H30F3N3O. The summed E-state index contributed by atoms with van der Waals surface area (Å²) in [4.78, 5) is 7.98. The quantitative estimate of drug-likeness (QED) is 0.583. The van der Waals surface area contributed by atoms with Gasteiger partial charge in [0.05, 0.1) is 24.1 Å². The Balaban J connectivity index is 0.00000204. The molecule has 1 aromatic carbocycles. The van der Waals surface area contributed by atoms with Crippen LogP contribution in [0.25, 0.3) is 0 Å². The van der Waals surface area contributed by atoms with Crippen molar-refractivity contribution < 1.29 is 17.9 Å². The lowest BCUT2D eigenvalue weighted by Gasteiger charge is -2.17. The maximum atomic E-state index is 12.1. The molecule has 7 heteroatoms. The summed E-state index contributed by atoms with van der Waals surface area (Å²) >= 11 is 0. The van der Waals surface area contributed by atoms with E-state index in [1.807, 2.05) is 20.8 Å². The molecule has 160 valence electrons. The number of allylic oxidation sites excluding steroid dienone is 1. The molecule has 0 amide bonds. The number of benzene rings is 1. The van der Waals surface area contributed by atoms with Crippen LogP contribution in [-0.4, -0.2) is 22.8 Å². The van der Waals surface area contributed by atoms with Crippen LogP contribution in [0.15, 0.2) is 48.9 Å². The fourth-order valence-corrected chi connectivity index (χ4v) is 2.48. The Morgan fingerprint density at radius 1 is 1.07 bits per heavy atom. The molecule has 1 N–H and O–H groups in total. The topological polar surface area (TPSA) is 47.0 Å². The number of alkyl halides is 3. The fourth-order valence-electron chi connectivity index (χ4n) is 2.48. The van der Waals surface area contributed by atoms with Gasteiger partial charge >= 0.3 is 6.18 Å².